The predicted octanol–water partition coefficient (Wildman–Crippen LogP) is 1.41. The van der Waals surface area contributed by atoms with Crippen molar-refractivity contribution in [2.75, 3.05) is 18.4 Å². The van der Waals surface area contributed by atoms with E-state index in [0.717, 1.165) is 25.9 Å². The first kappa shape index (κ1) is 21.4. The minimum atomic E-state index is -0.587. The van der Waals surface area contributed by atoms with E-state index < -0.39 is 6.04 Å². The Kier molecular flexibility index (Phi) is 8.85. The average Bonchev–Trinajstić information content (AvgIpc) is 2.78. The molecule has 0 spiro atoms. The van der Waals surface area contributed by atoms with Crippen LogP contribution in [0.1, 0.15) is 46.0 Å². The summed E-state index contributed by atoms with van der Waals surface area (Å²) in [5, 5.41) is 6.74. The highest BCUT2D eigenvalue weighted by molar-refractivity contribution is 5.93. The zero-order valence-corrected chi connectivity index (χ0v) is 15.8. The summed E-state index contributed by atoms with van der Waals surface area (Å²) in [6, 6.07) is -0.587. The molecule has 9 heteroatoms. The van der Waals surface area contributed by atoms with Gasteiger partial charge in [-0.05, 0) is 25.2 Å². The fraction of sp³-hybridized carbons (Fsp3) is 0.750. The number of nitrogens with zero attached hydrogens (tertiary/aromatic N) is 4. The molecule has 1 aromatic heterocycles. The molecule has 8 nitrogen and oxygen atoms in total. The Labute approximate surface area is 154 Å². The second-order valence-corrected chi connectivity index (χ2v) is 6.79. The normalized spacial score (nSPS) is 16.1. The Bertz CT molecular complexity index is 555. The second-order valence-electron chi connectivity index (χ2n) is 6.79. The third-order valence-corrected chi connectivity index (χ3v) is 4.09. The minimum absolute atomic E-state index is 0. The van der Waals surface area contributed by atoms with Crippen molar-refractivity contribution in [3.05, 3.63) is 6.33 Å². The first-order valence-electron chi connectivity index (χ1n) is 8.69. The summed E-state index contributed by atoms with van der Waals surface area (Å²) in [6.45, 7) is 5.77. The maximum absolute atomic E-state index is 12.3. The van der Waals surface area contributed by atoms with E-state index in [1.807, 2.05) is 18.7 Å². The summed E-state index contributed by atoms with van der Waals surface area (Å²) >= 11 is 0. The van der Waals surface area contributed by atoms with Crippen LogP contribution >= 0.6 is 12.4 Å². The molecule has 1 aliphatic heterocycles. The van der Waals surface area contributed by atoms with Crippen LogP contribution in [0.3, 0.4) is 0 Å². The number of anilines is 1. The molecule has 3 N–H and O–H groups in total. The van der Waals surface area contributed by atoms with E-state index in [4.69, 9.17) is 5.73 Å². The van der Waals surface area contributed by atoms with Gasteiger partial charge in [-0.3, -0.25) is 14.9 Å². The number of carbonyl (C=O) groups excluding carboxylic acids is 2. The number of likely N-dealkylation sites (tertiary alicyclic amines) is 1. The number of rotatable bonds is 6. The topological polar surface area (TPSA) is 106 Å². The molecule has 0 aliphatic carbocycles. The van der Waals surface area contributed by atoms with E-state index in [-0.39, 0.29) is 36.7 Å². The number of amides is 2. The lowest BCUT2D eigenvalue weighted by Crippen LogP contribution is -2.37. The molecule has 1 fully saturated rings. The molecule has 2 heterocycles. The number of nitrogens with two attached hydrogens (primary N) is 1. The Morgan fingerprint density at radius 2 is 1.88 bits per heavy atom. The van der Waals surface area contributed by atoms with Gasteiger partial charge in [0.2, 0.25) is 17.8 Å². The minimum Gasteiger partial charge on any atom is -0.341 e. The van der Waals surface area contributed by atoms with Crippen LogP contribution in [0.4, 0.5) is 5.95 Å². The number of nitrogens with one attached hydrogen (secondary N) is 1. The molecule has 2 rings (SSSR count). The van der Waals surface area contributed by atoms with Crippen LogP contribution < -0.4 is 11.1 Å². The number of hydrogen-bond acceptors (Lipinski definition) is 5. The van der Waals surface area contributed by atoms with Gasteiger partial charge in [-0.25, -0.2) is 9.67 Å². The van der Waals surface area contributed by atoms with Crippen molar-refractivity contribution >= 4 is 30.2 Å². The van der Waals surface area contributed by atoms with Crippen LogP contribution in [0.5, 0.6) is 0 Å². The molecule has 142 valence electrons. The number of halogens is 1. The van der Waals surface area contributed by atoms with Crippen molar-refractivity contribution in [3.8, 4) is 0 Å². The molecule has 0 radical (unpaired) electrons. The van der Waals surface area contributed by atoms with Gasteiger partial charge in [0.15, 0.2) is 0 Å². The summed E-state index contributed by atoms with van der Waals surface area (Å²) in [7, 11) is 0. The predicted molar refractivity (Wildman–Crippen MR) is 98.4 cm³/mol. The van der Waals surface area contributed by atoms with E-state index in [1.54, 1.807) is 0 Å². The average molecular weight is 373 g/mol. The fourth-order valence-electron chi connectivity index (χ4n) is 2.80. The Morgan fingerprint density at radius 1 is 1.24 bits per heavy atom. The van der Waals surface area contributed by atoms with Crippen molar-refractivity contribution in [3.63, 3.8) is 0 Å². The Balaban J connectivity index is 0.00000312. The van der Waals surface area contributed by atoms with E-state index in [0.29, 0.717) is 12.3 Å². The highest BCUT2D eigenvalue weighted by atomic mass is 35.5. The third kappa shape index (κ3) is 6.99. The lowest BCUT2D eigenvalue weighted by Gasteiger charge is -2.19. The SMILES string of the molecule is CC(C)C[C@H](N)C(=O)Nc1ncn(CC(=O)N2CCCCCC2)n1.Cl. The molecule has 1 aliphatic rings. The maximum Gasteiger partial charge on any atom is 0.248 e. The molecular weight excluding hydrogens is 344 g/mol. The molecular formula is C16H29ClN6O2. The Hall–Kier alpha value is -1.67. The molecule has 0 bridgehead atoms. The summed E-state index contributed by atoms with van der Waals surface area (Å²) in [6.07, 6.45) is 6.52. The largest absolute Gasteiger partial charge is 0.341 e. The van der Waals surface area contributed by atoms with Crippen LogP contribution in [0, 0.1) is 5.92 Å². The molecule has 25 heavy (non-hydrogen) atoms. The summed E-state index contributed by atoms with van der Waals surface area (Å²) in [5.41, 5.74) is 5.83. The highest BCUT2D eigenvalue weighted by Gasteiger charge is 2.18. The monoisotopic (exact) mass is 372 g/mol. The van der Waals surface area contributed by atoms with Gasteiger partial charge in [-0.15, -0.1) is 17.5 Å². The molecule has 2 amide bonds. The van der Waals surface area contributed by atoms with E-state index in [1.165, 1.54) is 23.9 Å². The lowest BCUT2D eigenvalue weighted by atomic mass is 10.0. The van der Waals surface area contributed by atoms with Gasteiger partial charge in [0.1, 0.15) is 12.9 Å². The van der Waals surface area contributed by atoms with Crippen LogP contribution in [0.25, 0.3) is 0 Å². The summed E-state index contributed by atoms with van der Waals surface area (Å²) < 4.78 is 1.46. The van der Waals surface area contributed by atoms with Gasteiger partial charge in [-0.2, -0.15) is 0 Å². The molecule has 0 saturated carbocycles. The smallest absolute Gasteiger partial charge is 0.248 e. The zero-order valence-electron chi connectivity index (χ0n) is 15.0. The highest BCUT2D eigenvalue weighted by Crippen LogP contribution is 2.10. The van der Waals surface area contributed by atoms with Crippen molar-refractivity contribution in [1.82, 2.24) is 19.7 Å². The van der Waals surface area contributed by atoms with E-state index >= 15 is 0 Å². The summed E-state index contributed by atoms with van der Waals surface area (Å²) in [5.74, 6) is 0.252. The summed E-state index contributed by atoms with van der Waals surface area (Å²) in [4.78, 5) is 30.2. The number of carbonyl (C=O) groups is 2. The molecule has 1 saturated heterocycles. The molecule has 0 aromatic carbocycles. The maximum atomic E-state index is 12.3. The lowest BCUT2D eigenvalue weighted by molar-refractivity contribution is -0.132. The van der Waals surface area contributed by atoms with Gasteiger partial charge in [0.25, 0.3) is 0 Å². The van der Waals surface area contributed by atoms with E-state index in [9.17, 15) is 9.59 Å². The van der Waals surface area contributed by atoms with Crippen LogP contribution in [0.15, 0.2) is 6.33 Å². The van der Waals surface area contributed by atoms with Gasteiger partial charge in [0.05, 0.1) is 6.04 Å². The zero-order chi connectivity index (χ0) is 17.5. The van der Waals surface area contributed by atoms with Crippen molar-refractivity contribution < 1.29 is 9.59 Å². The first-order chi connectivity index (χ1) is 11.5. The Morgan fingerprint density at radius 3 is 2.48 bits per heavy atom. The van der Waals surface area contributed by atoms with Gasteiger partial charge < -0.3 is 10.6 Å². The third-order valence-electron chi connectivity index (χ3n) is 4.09. The van der Waals surface area contributed by atoms with Crippen LogP contribution in [-0.4, -0.2) is 50.6 Å². The molecule has 1 aromatic rings. The standard InChI is InChI=1S/C16H28N6O2.ClH/c1-12(2)9-13(17)15(24)19-16-18-11-22(20-16)10-14(23)21-7-5-3-4-6-8-21;/h11-13H,3-10,17H2,1-2H3,(H,19,20,24);1H/t13-;/m0./s1. The van der Waals surface area contributed by atoms with Crippen molar-refractivity contribution in [1.29, 1.82) is 0 Å². The second kappa shape index (κ2) is 10.4. The number of aromatic nitrogens is 3. The quantitative estimate of drug-likeness (QED) is 0.785. The van der Waals surface area contributed by atoms with Gasteiger partial charge in [-0.1, -0.05) is 26.7 Å². The van der Waals surface area contributed by atoms with Crippen molar-refractivity contribution in [2.24, 2.45) is 11.7 Å². The fourth-order valence-corrected chi connectivity index (χ4v) is 2.80. The molecule has 0 unspecified atom stereocenters. The van der Waals surface area contributed by atoms with Gasteiger partial charge >= 0.3 is 0 Å². The van der Waals surface area contributed by atoms with Gasteiger partial charge in [0, 0.05) is 13.1 Å². The first-order valence-corrected chi connectivity index (χ1v) is 8.69. The van der Waals surface area contributed by atoms with Crippen LogP contribution in [0.2, 0.25) is 0 Å². The van der Waals surface area contributed by atoms with Crippen LogP contribution in [-0.2, 0) is 16.1 Å². The molecule has 1 atom stereocenters. The van der Waals surface area contributed by atoms with Crippen molar-refractivity contribution in [2.45, 2.75) is 58.5 Å². The van der Waals surface area contributed by atoms with E-state index in [2.05, 4.69) is 15.4 Å². The number of hydrogen-bond donors (Lipinski definition) is 2.